The molecule has 0 atom stereocenters. The second-order valence-corrected chi connectivity index (χ2v) is 3.97. The molecule has 0 aliphatic carbocycles. The van der Waals surface area contributed by atoms with Gasteiger partial charge < -0.3 is 4.74 Å². The Morgan fingerprint density at radius 1 is 1.29 bits per heavy atom. The molecule has 0 radical (unpaired) electrons. The van der Waals surface area contributed by atoms with Crippen LogP contribution in [-0.4, -0.2) is 7.11 Å². The Hall–Kier alpha value is -2.27. The molecule has 2 rings (SSSR count). The van der Waals surface area contributed by atoms with Gasteiger partial charge in [-0.3, -0.25) is 0 Å². The van der Waals surface area contributed by atoms with E-state index in [1.54, 1.807) is 7.11 Å². The van der Waals surface area contributed by atoms with Crippen molar-refractivity contribution in [1.82, 2.24) is 0 Å². The third kappa shape index (κ3) is 1.88. The highest BCUT2D eigenvalue weighted by Gasteiger charge is 2.09. The van der Waals surface area contributed by atoms with Crippen LogP contribution in [-0.2, 0) is 0 Å². The predicted octanol–water partition coefficient (Wildman–Crippen LogP) is 3.75. The molecule has 0 bridgehead atoms. The molecule has 84 valence electrons. The van der Waals surface area contributed by atoms with E-state index in [-0.39, 0.29) is 0 Å². The van der Waals surface area contributed by atoms with E-state index < -0.39 is 0 Å². The monoisotopic (exact) mass is 223 g/mol. The first kappa shape index (κ1) is 11.2. The van der Waals surface area contributed by atoms with Gasteiger partial charge in [-0.2, -0.15) is 5.26 Å². The van der Waals surface area contributed by atoms with Gasteiger partial charge >= 0.3 is 0 Å². The summed E-state index contributed by atoms with van der Waals surface area (Å²) in [5.74, 6) is 0.792. The molecule has 2 nitrogen and oxygen atoms in total. The lowest BCUT2D eigenvalue weighted by molar-refractivity contribution is 0.414. The number of nitrogens with zero attached hydrogens (tertiary/aromatic N) is 1. The fourth-order valence-electron chi connectivity index (χ4n) is 1.98. The molecule has 0 aliphatic rings. The zero-order valence-corrected chi connectivity index (χ0v) is 9.95. The second kappa shape index (κ2) is 4.31. The molecular formula is C15H13NO. The summed E-state index contributed by atoms with van der Waals surface area (Å²) in [6.45, 7) is 5.92. The van der Waals surface area contributed by atoms with Crippen LogP contribution in [0.25, 0.3) is 16.3 Å². The van der Waals surface area contributed by atoms with Crippen LogP contribution in [0.5, 0.6) is 5.75 Å². The van der Waals surface area contributed by atoms with Gasteiger partial charge in [0.15, 0.2) is 0 Å². The summed E-state index contributed by atoms with van der Waals surface area (Å²) in [6, 6.07) is 11.7. The van der Waals surface area contributed by atoms with Gasteiger partial charge in [0.1, 0.15) is 5.75 Å². The molecule has 0 aromatic heterocycles. The van der Waals surface area contributed by atoms with Crippen LogP contribution >= 0.6 is 0 Å². The normalized spacial score (nSPS) is 9.94. The number of benzene rings is 2. The van der Waals surface area contributed by atoms with Crippen LogP contribution < -0.4 is 4.74 Å². The lowest BCUT2D eigenvalue weighted by atomic mass is 9.97. The summed E-state index contributed by atoms with van der Waals surface area (Å²) in [5.41, 5.74) is 2.55. The predicted molar refractivity (Wildman–Crippen MR) is 69.9 cm³/mol. The maximum atomic E-state index is 8.95. The van der Waals surface area contributed by atoms with Crippen molar-refractivity contribution in [2.24, 2.45) is 0 Å². The van der Waals surface area contributed by atoms with Gasteiger partial charge in [-0.05, 0) is 41.5 Å². The number of fused-ring (bicyclic) bond motifs is 1. The molecule has 0 aliphatic heterocycles. The van der Waals surface area contributed by atoms with Gasteiger partial charge in [-0.25, -0.2) is 0 Å². The number of rotatable bonds is 2. The Morgan fingerprint density at radius 2 is 2.00 bits per heavy atom. The van der Waals surface area contributed by atoms with Gasteiger partial charge in [0.25, 0.3) is 0 Å². The maximum Gasteiger partial charge on any atom is 0.126 e. The van der Waals surface area contributed by atoms with Gasteiger partial charge in [0, 0.05) is 5.56 Å². The third-order valence-corrected chi connectivity index (χ3v) is 2.76. The van der Waals surface area contributed by atoms with E-state index >= 15 is 0 Å². The minimum Gasteiger partial charge on any atom is -0.496 e. The zero-order valence-electron chi connectivity index (χ0n) is 9.95. The molecule has 17 heavy (non-hydrogen) atoms. The summed E-state index contributed by atoms with van der Waals surface area (Å²) >= 11 is 0. The van der Waals surface area contributed by atoms with Gasteiger partial charge in [-0.15, -0.1) is 0 Å². The molecule has 2 aromatic rings. The number of allylic oxidation sites excluding steroid dienone is 1. The average molecular weight is 223 g/mol. The van der Waals surface area contributed by atoms with Crippen molar-refractivity contribution in [3.8, 4) is 11.8 Å². The Morgan fingerprint density at radius 3 is 2.59 bits per heavy atom. The molecule has 2 heteroatoms. The summed E-state index contributed by atoms with van der Waals surface area (Å²) in [5, 5.41) is 11.0. The van der Waals surface area contributed by atoms with Gasteiger partial charge in [0.05, 0.1) is 18.7 Å². The van der Waals surface area contributed by atoms with Crippen molar-refractivity contribution >= 4 is 16.3 Å². The van der Waals surface area contributed by atoms with Crippen molar-refractivity contribution in [1.29, 1.82) is 5.26 Å². The third-order valence-electron chi connectivity index (χ3n) is 2.76. The van der Waals surface area contributed by atoms with Gasteiger partial charge in [0.2, 0.25) is 0 Å². The highest BCUT2D eigenvalue weighted by molar-refractivity contribution is 5.96. The Bertz CT molecular complexity index is 635. The average Bonchev–Trinajstić information content (AvgIpc) is 2.36. The topological polar surface area (TPSA) is 33.0 Å². The van der Waals surface area contributed by atoms with E-state index in [1.807, 2.05) is 37.3 Å². The first-order chi connectivity index (χ1) is 8.17. The van der Waals surface area contributed by atoms with Crippen LogP contribution in [0.3, 0.4) is 0 Å². The Balaban J connectivity index is 2.87. The molecule has 2 aromatic carbocycles. The number of ether oxygens (including phenoxy) is 1. The lowest BCUT2D eigenvalue weighted by Crippen LogP contribution is -1.91. The molecule has 0 unspecified atom stereocenters. The van der Waals surface area contributed by atoms with Crippen LogP contribution in [0, 0.1) is 11.3 Å². The first-order valence-corrected chi connectivity index (χ1v) is 5.34. The summed E-state index contributed by atoms with van der Waals surface area (Å²) in [7, 11) is 1.64. The van der Waals surface area contributed by atoms with Crippen molar-refractivity contribution in [2.45, 2.75) is 6.92 Å². The van der Waals surface area contributed by atoms with Crippen molar-refractivity contribution in [3.05, 3.63) is 48.0 Å². The molecule has 0 amide bonds. The van der Waals surface area contributed by atoms with E-state index in [0.717, 1.165) is 27.7 Å². The second-order valence-electron chi connectivity index (χ2n) is 3.97. The number of hydrogen-bond donors (Lipinski definition) is 0. The van der Waals surface area contributed by atoms with Crippen LogP contribution in [0.2, 0.25) is 0 Å². The van der Waals surface area contributed by atoms with Crippen molar-refractivity contribution in [3.63, 3.8) is 0 Å². The van der Waals surface area contributed by atoms with Crippen LogP contribution in [0.1, 0.15) is 18.1 Å². The molecule has 0 saturated carbocycles. The largest absolute Gasteiger partial charge is 0.496 e. The Kier molecular flexibility index (Phi) is 2.84. The van der Waals surface area contributed by atoms with Crippen LogP contribution in [0.15, 0.2) is 36.9 Å². The standard InChI is InChI=1S/C15H13NO/c1-10(2)15-13-8-11(9-16)4-5-12(13)6-7-14(15)17-3/h4-8H,1H2,2-3H3. The molecule has 0 saturated heterocycles. The minimum absolute atomic E-state index is 0.647. The smallest absolute Gasteiger partial charge is 0.126 e. The van der Waals surface area contributed by atoms with Crippen molar-refractivity contribution < 1.29 is 4.74 Å². The lowest BCUT2D eigenvalue weighted by Gasteiger charge is -2.12. The highest BCUT2D eigenvalue weighted by Crippen LogP contribution is 2.33. The quantitative estimate of drug-likeness (QED) is 0.776. The fraction of sp³-hybridized carbons (Fsp3) is 0.133. The number of methoxy groups -OCH3 is 1. The summed E-state index contributed by atoms with van der Waals surface area (Å²) in [6.07, 6.45) is 0. The molecule has 0 fully saturated rings. The van der Waals surface area contributed by atoms with E-state index in [0.29, 0.717) is 5.56 Å². The SMILES string of the molecule is C=C(C)c1c(OC)ccc2ccc(C#N)cc12. The highest BCUT2D eigenvalue weighted by atomic mass is 16.5. The van der Waals surface area contributed by atoms with E-state index in [2.05, 4.69) is 12.6 Å². The summed E-state index contributed by atoms with van der Waals surface area (Å²) in [4.78, 5) is 0. The molecule has 0 N–H and O–H groups in total. The molecular weight excluding hydrogens is 210 g/mol. The number of nitriles is 1. The first-order valence-electron chi connectivity index (χ1n) is 5.34. The van der Waals surface area contributed by atoms with E-state index in [1.165, 1.54) is 0 Å². The molecule has 0 spiro atoms. The van der Waals surface area contributed by atoms with Crippen molar-refractivity contribution in [2.75, 3.05) is 7.11 Å². The Labute approximate surface area is 101 Å². The molecule has 0 heterocycles. The fourth-order valence-corrected chi connectivity index (χ4v) is 1.98. The summed E-state index contributed by atoms with van der Waals surface area (Å²) < 4.78 is 5.34. The zero-order chi connectivity index (χ0) is 12.4. The van der Waals surface area contributed by atoms with E-state index in [9.17, 15) is 0 Å². The minimum atomic E-state index is 0.647. The number of hydrogen-bond acceptors (Lipinski definition) is 2. The maximum absolute atomic E-state index is 8.95. The van der Waals surface area contributed by atoms with Gasteiger partial charge in [-0.1, -0.05) is 18.7 Å². The van der Waals surface area contributed by atoms with Crippen LogP contribution in [0.4, 0.5) is 0 Å². The van der Waals surface area contributed by atoms with E-state index in [4.69, 9.17) is 10.00 Å².